The molecule has 2 aliphatic heterocycles. The van der Waals surface area contributed by atoms with Crippen molar-refractivity contribution in [1.29, 1.82) is 0 Å². The number of nitrogens with one attached hydrogen (secondary N) is 1. The number of hydrogen-bond acceptors (Lipinski definition) is 7. The van der Waals surface area contributed by atoms with Gasteiger partial charge in [0.05, 0.1) is 33.7 Å². The number of aromatic amines is 1. The summed E-state index contributed by atoms with van der Waals surface area (Å²) >= 11 is 7.03. The average molecular weight is 507 g/mol. The minimum absolute atomic E-state index is 0.0852. The minimum Gasteiger partial charge on any atom is -0.490 e. The third-order valence-corrected chi connectivity index (χ3v) is 7.12. The number of H-pyrrole nitrogens is 1. The van der Waals surface area contributed by atoms with Gasteiger partial charge in [-0.3, -0.25) is 5.10 Å². The van der Waals surface area contributed by atoms with Gasteiger partial charge in [0.25, 0.3) is 0 Å². The van der Waals surface area contributed by atoms with Crippen LogP contribution in [0.4, 0.5) is 10.6 Å². The topological polar surface area (TPSA) is 96.5 Å². The maximum absolute atomic E-state index is 12.7. The molecule has 0 aliphatic carbocycles. The van der Waals surface area contributed by atoms with E-state index in [1.165, 1.54) is 0 Å². The molecule has 0 saturated carbocycles. The Morgan fingerprint density at radius 3 is 2.89 bits per heavy atom. The van der Waals surface area contributed by atoms with Crippen molar-refractivity contribution in [1.82, 2.24) is 25.1 Å². The van der Waals surface area contributed by atoms with Gasteiger partial charge in [-0.1, -0.05) is 17.7 Å². The summed E-state index contributed by atoms with van der Waals surface area (Å²) in [5.74, 6) is 1.45. The highest BCUT2D eigenvalue weighted by molar-refractivity contribution is 6.39. The van der Waals surface area contributed by atoms with Gasteiger partial charge >= 0.3 is 6.09 Å². The Morgan fingerprint density at radius 1 is 1.25 bits per heavy atom. The standard InChI is InChI=1S/C26H27ClN6O3/c1-14-5-6-18-17(10-30-31-18)20(14)16-9-19-21-23(22(16)27)28-13-29-24(21)33-8-7-32(11-15(33)12-35-19)25(34)36-26(2,3)4/h5-6,9-10,13,15H,7-8,11-12H2,1-4H3,(H,30,31). The molecule has 1 atom stereocenters. The van der Waals surface area contributed by atoms with Crippen molar-refractivity contribution in [2.75, 3.05) is 31.1 Å². The molecule has 0 bridgehead atoms. The van der Waals surface area contributed by atoms with E-state index in [-0.39, 0.29) is 12.1 Å². The van der Waals surface area contributed by atoms with Gasteiger partial charge in [-0.25, -0.2) is 14.8 Å². The van der Waals surface area contributed by atoms with Gasteiger partial charge < -0.3 is 19.3 Å². The molecule has 6 rings (SSSR count). The van der Waals surface area contributed by atoms with Crippen molar-refractivity contribution in [3.63, 3.8) is 0 Å². The van der Waals surface area contributed by atoms with E-state index in [2.05, 4.69) is 32.0 Å². The molecule has 186 valence electrons. The Morgan fingerprint density at radius 2 is 2.08 bits per heavy atom. The number of halogens is 1. The molecule has 1 amide bonds. The first kappa shape index (κ1) is 22.8. The first-order valence-electron chi connectivity index (χ1n) is 12.0. The van der Waals surface area contributed by atoms with Crippen molar-refractivity contribution in [3.8, 4) is 16.9 Å². The van der Waals surface area contributed by atoms with E-state index >= 15 is 0 Å². The van der Waals surface area contributed by atoms with Crippen LogP contribution in [0.3, 0.4) is 0 Å². The lowest BCUT2D eigenvalue weighted by molar-refractivity contribution is 0.0202. The van der Waals surface area contributed by atoms with Gasteiger partial charge in [0.2, 0.25) is 0 Å². The molecule has 0 spiro atoms. The van der Waals surface area contributed by atoms with Crippen molar-refractivity contribution in [2.45, 2.75) is 39.3 Å². The van der Waals surface area contributed by atoms with Gasteiger partial charge in [-0.15, -0.1) is 0 Å². The third-order valence-electron chi connectivity index (χ3n) is 6.73. The third kappa shape index (κ3) is 3.69. The number of aryl methyl sites for hydroxylation is 1. The number of piperazine rings is 1. The molecule has 2 aliphatic rings. The molecule has 9 nitrogen and oxygen atoms in total. The van der Waals surface area contributed by atoms with Crippen LogP contribution in [0.1, 0.15) is 26.3 Å². The highest BCUT2D eigenvalue weighted by Gasteiger charge is 2.36. The highest BCUT2D eigenvalue weighted by atomic mass is 35.5. The highest BCUT2D eigenvalue weighted by Crippen LogP contribution is 2.46. The molecule has 2 aromatic heterocycles. The second-order valence-corrected chi connectivity index (χ2v) is 10.7. The van der Waals surface area contributed by atoms with Crippen molar-refractivity contribution in [3.05, 3.63) is 41.3 Å². The molecule has 1 N–H and O–H groups in total. The average Bonchev–Trinajstić information content (AvgIpc) is 3.25. The second-order valence-electron chi connectivity index (χ2n) is 10.3. The van der Waals surface area contributed by atoms with E-state index in [1.807, 2.05) is 45.2 Å². The molecule has 0 radical (unpaired) electrons. The maximum atomic E-state index is 12.7. The Kier molecular flexibility index (Phi) is 5.22. The molecule has 4 aromatic rings. The minimum atomic E-state index is -0.549. The zero-order chi connectivity index (χ0) is 25.2. The first-order chi connectivity index (χ1) is 17.2. The Hall–Kier alpha value is -3.59. The number of amides is 1. The molecule has 1 unspecified atom stereocenters. The predicted octanol–water partition coefficient (Wildman–Crippen LogP) is 4.95. The van der Waals surface area contributed by atoms with Gasteiger partial charge in [0, 0.05) is 30.6 Å². The summed E-state index contributed by atoms with van der Waals surface area (Å²) in [7, 11) is 0. The van der Waals surface area contributed by atoms with Crippen LogP contribution >= 0.6 is 11.6 Å². The molecule has 10 heteroatoms. The molecular formula is C26H27ClN6O3. The van der Waals surface area contributed by atoms with Crippen LogP contribution < -0.4 is 9.64 Å². The molecule has 36 heavy (non-hydrogen) atoms. The fraction of sp³-hybridized carbons (Fsp3) is 0.385. The lowest BCUT2D eigenvalue weighted by atomic mass is 9.95. The summed E-state index contributed by atoms with van der Waals surface area (Å²) in [5.41, 5.74) is 3.93. The zero-order valence-corrected chi connectivity index (χ0v) is 21.4. The smallest absolute Gasteiger partial charge is 0.410 e. The monoisotopic (exact) mass is 506 g/mol. The Labute approximate surface area is 213 Å². The number of benzene rings is 2. The van der Waals surface area contributed by atoms with Gasteiger partial charge in [-0.2, -0.15) is 5.10 Å². The quantitative estimate of drug-likeness (QED) is 0.390. The van der Waals surface area contributed by atoms with Crippen molar-refractivity contribution < 1.29 is 14.3 Å². The number of carbonyl (C=O) groups excluding carboxylic acids is 1. The SMILES string of the molecule is Cc1ccc2[nH]ncc2c1-c1cc2c3c(ncnc3c1Cl)N1CCN(C(=O)OC(C)(C)C)CC1CO2. The van der Waals surface area contributed by atoms with Crippen molar-refractivity contribution >= 4 is 45.3 Å². The number of anilines is 1. The van der Waals surface area contributed by atoms with E-state index in [9.17, 15) is 4.79 Å². The van der Waals surface area contributed by atoms with Crippen LogP contribution in [0.2, 0.25) is 5.02 Å². The summed E-state index contributed by atoms with van der Waals surface area (Å²) in [6.07, 6.45) is 3.05. The Bertz CT molecular complexity index is 1510. The van der Waals surface area contributed by atoms with Crippen LogP contribution in [-0.2, 0) is 4.74 Å². The fourth-order valence-electron chi connectivity index (χ4n) is 5.12. The summed E-state index contributed by atoms with van der Waals surface area (Å²) in [5, 5.41) is 9.57. The number of hydrogen-bond donors (Lipinski definition) is 1. The fourth-order valence-corrected chi connectivity index (χ4v) is 5.41. The van der Waals surface area contributed by atoms with Gasteiger partial charge in [0.15, 0.2) is 0 Å². The molecular weight excluding hydrogens is 480 g/mol. The van der Waals surface area contributed by atoms with E-state index in [0.717, 1.165) is 38.8 Å². The number of rotatable bonds is 1. The van der Waals surface area contributed by atoms with Gasteiger partial charge in [-0.05, 0) is 51.0 Å². The normalized spacial score (nSPS) is 17.6. The number of carbonyl (C=O) groups is 1. The van der Waals surface area contributed by atoms with E-state index < -0.39 is 5.60 Å². The number of aromatic nitrogens is 4. The maximum Gasteiger partial charge on any atom is 0.410 e. The second kappa shape index (κ2) is 8.23. The molecule has 4 heterocycles. The summed E-state index contributed by atoms with van der Waals surface area (Å²) in [6, 6.07) is 5.96. The number of ether oxygens (including phenoxy) is 2. The molecule has 1 saturated heterocycles. The largest absolute Gasteiger partial charge is 0.490 e. The Balaban J connectivity index is 1.43. The summed E-state index contributed by atoms with van der Waals surface area (Å²) in [4.78, 5) is 25.9. The lowest BCUT2D eigenvalue weighted by Crippen LogP contribution is -2.57. The van der Waals surface area contributed by atoms with E-state index in [0.29, 0.717) is 42.5 Å². The summed E-state index contributed by atoms with van der Waals surface area (Å²) < 4.78 is 12.0. The van der Waals surface area contributed by atoms with Crippen LogP contribution in [0, 0.1) is 6.92 Å². The molecule has 2 aromatic carbocycles. The first-order valence-corrected chi connectivity index (χ1v) is 12.4. The van der Waals surface area contributed by atoms with E-state index in [4.69, 9.17) is 21.1 Å². The van der Waals surface area contributed by atoms with Crippen LogP contribution in [0.25, 0.3) is 32.9 Å². The van der Waals surface area contributed by atoms with Crippen LogP contribution in [0.15, 0.2) is 30.7 Å². The number of nitrogens with zero attached hydrogens (tertiary/aromatic N) is 5. The van der Waals surface area contributed by atoms with Crippen LogP contribution in [0.5, 0.6) is 5.75 Å². The van der Waals surface area contributed by atoms with Gasteiger partial charge in [0.1, 0.15) is 30.1 Å². The number of fused-ring (bicyclic) bond motifs is 3. The predicted molar refractivity (Wildman–Crippen MR) is 139 cm³/mol. The summed E-state index contributed by atoms with van der Waals surface area (Å²) in [6.45, 7) is 9.66. The van der Waals surface area contributed by atoms with Crippen LogP contribution in [-0.4, -0.2) is 69.0 Å². The zero-order valence-electron chi connectivity index (χ0n) is 20.6. The van der Waals surface area contributed by atoms with E-state index in [1.54, 1.807) is 11.2 Å². The van der Waals surface area contributed by atoms with Crippen molar-refractivity contribution in [2.24, 2.45) is 0 Å². The lowest BCUT2D eigenvalue weighted by Gasteiger charge is -2.41. The molecule has 1 fully saturated rings.